The van der Waals surface area contributed by atoms with Crippen LogP contribution in [0.5, 0.6) is 5.75 Å². The molecule has 27 heavy (non-hydrogen) atoms. The van der Waals surface area contributed by atoms with Gasteiger partial charge in [0, 0.05) is 35.8 Å². The van der Waals surface area contributed by atoms with Crippen LogP contribution in [0.1, 0.15) is 0 Å². The molecule has 9 heteroatoms. The summed E-state index contributed by atoms with van der Waals surface area (Å²) >= 11 is 1.50. The van der Waals surface area contributed by atoms with E-state index in [-0.39, 0.29) is 5.16 Å². The highest BCUT2D eigenvalue weighted by Gasteiger charge is 2.24. The number of methoxy groups -OCH3 is 1. The SMILES string of the molecule is COc1cccc(-c2nc3sccn3c2-c2ccnc(S(C)(C)(=O)O)n2)c1. The van der Waals surface area contributed by atoms with Gasteiger partial charge in [-0.05, 0) is 18.2 Å². The van der Waals surface area contributed by atoms with Crippen LogP contribution in [0.15, 0.2) is 53.3 Å². The number of imidazole rings is 1. The molecule has 0 aliphatic rings. The second-order valence-corrected chi connectivity index (χ2v) is 11.4. The minimum atomic E-state index is -4.07. The number of nitrogens with zero attached hydrogens (tertiary/aromatic N) is 4. The summed E-state index contributed by atoms with van der Waals surface area (Å²) in [5.41, 5.74) is 2.86. The van der Waals surface area contributed by atoms with Crippen LogP contribution in [0, 0.1) is 0 Å². The summed E-state index contributed by atoms with van der Waals surface area (Å²) < 4.78 is 30.1. The van der Waals surface area contributed by atoms with E-state index >= 15 is 0 Å². The highest BCUT2D eigenvalue weighted by molar-refractivity contribution is 8.13. The smallest absolute Gasteiger partial charge is 0.238 e. The highest BCUT2D eigenvalue weighted by atomic mass is 32.3. The molecule has 0 spiro atoms. The zero-order chi connectivity index (χ0) is 19.3. The van der Waals surface area contributed by atoms with Gasteiger partial charge in [-0.2, -0.15) is 0 Å². The molecule has 0 saturated carbocycles. The zero-order valence-electron chi connectivity index (χ0n) is 15.0. The van der Waals surface area contributed by atoms with E-state index in [0.717, 1.165) is 27.7 Å². The van der Waals surface area contributed by atoms with Crippen molar-refractivity contribution in [1.82, 2.24) is 19.4 Å². The summed E-state index contributed by atoms with van der Waals surface area (Å²) in [6, 6.07) is 9.32. The molecule has 4 rings (SSSR count). The van der Waals surface area contributed by atoms with Gasteiger partial charge in [0.15, 0.2) is 4.96 Å². The van der Waals surface area contributed by atoms with Crippen LogP contribution in [0.25, 0.3) is 27.6 Å². The molecule has 0 unspecified atom stereocenters. The summed E-state index contributed by atoms with van der Waals surface area (Å²) in [6.07, 6.45) is 5.89. The topological polar surface area (TPSA) is 89.6 Å². The fourth-order valence-electron chi connectivity index (χ4n) is 2.76. The van der Waals surface area contributed by atoms with E-state index < -0.39 is 9.35 Å². The first-order valence-corrected chi connectivity index (χ1v) is 11.6. The van der Waals surface area contributed by atoms with Crippen molar-refractivity contribution < 1.29 is 13.5 Å². The predicted molar refractivity (Wildman–Crippen MR) is 107 cm³/mol. The molecule has 0 atom stereocenters. The number of hydrogen-bond donors (Lipinski definition) is 1. The van der Waals surface area contributed by atoms with E-state index in [1.165, 1.54) is 30.0 Å². The van der Waals surface area contributed by atoms with E-state index in [0.29, 0.717) is 5.69 Å². The number of hydrogen-bond acceptors (Lipinski definition) is 6. The Morgan fingerprint density at radius 2 is 2.04 bits per heavy atom. The van der Waals surface area contributed by atoms with Crippen molar-refractivity contribution in [3.05, 3.63) is 48.1 Å². The van der Waals surface area contributed by atoms with Crippen molar-refractivity contribution in [1.29, 1.82) is 0 Å². The van der Waals surface area contributed by atoms with Crippen molar-refractivity contribution in [2.75, 3.05) is 19.6 Å². The van der Waals surface area contributed by atoms with Crippen molar-refractivity contribution in [3.8, 4) is 28.4 Å². The molecule has 0 radical (unpaired) electrons. The first kappa shape index (κ1) is 17.8. The van der Waals surface area contributed by atoms with Crippen molar-refractivity contribution in [3.63, 3.8) is 0 Å². The van der Waals surface area contributed by atoms with E-state index in [9.17, 15) is 8.76 Å². The lowest BCUT2D eigenvalue weighted by molar-refractivity contribution is 0.415. The molecule has 4 aromatic rings. The van der Waals surface area contributed by atoms with Crippen LogP contribution in [0.3, 0.4) is 0 Å². The Kier molecular flexibility index (Phi) is 3.91. The third-order valence-electron chi connectivity index (χ3n) is 4.00. The second-order valence-electron chi connectivity index (χ2n) is 6.59. The quantitative estimate of drug-likeness (QED) is 0.526. The van der Waals surface area contributed by atoms with E-state index in [1.807, 2.05) is 40.2 Å². The van der Waals surface area contributed by atoms with Gasteiger partial charge in [0.25, 0.3) is 0 Å². The number of thiazole rings is 1. The molecule has 140 valence electrons. The maximum Gasteiger partial charge on any atom is 0.238 e. The first-order chi connectivity index (χ1) is 12.7. The Labute approximate surface area is 159 Å². The molecule has 0 aliphatic carbocycles. The average molecular weight is 403 g/mol. The maximum absolute atomic E-state index is 12.6. The molecule has 0 fully saturated rings. The molecule has 0 bridgehead atoms. The van der Waals surface area contributed by atoms with E-state index in [2.05, 4.69) is 9.97 Å². The Hall–Kier alpha value is -2.62. The van der Waals surface area contributed by atoms with Gasteiger partial charge in [0.05, 0.1) is 18.5 Å². The maximum atomic E-state index is 12.6. The lowest BCUT2D eigenvalue weighted by atomic mass is 10.1. The van der Waals surface area contributed by atoms with Gasteiger partial charge in [-0.3, -0.25) is 8.95 Å². The molecular weight excluding hydrogens is 384 g/mol. The molecule has 3 heterocycles. The van der Waals surface area contributed by atoms with Crippen LogP contribution in [-0.4, -0.2) is 47.7 Å². The Bertz CT molecular complexity index is 1210. The lowest BCUT2D eigenvalue weighted by Crippen LogP contribution is -2.31. The summed E-state index contributed by atoms with van der Waals surface area (Å²) in [7, 11) is -2.46. The van der Waals surface area contributed by atoms with Crippen LogP contribution < -0.4 is 4.74 Å². The fourth-order valence-corrected chi connectivity index (χ4v) is 4.19. The monoisotopic (exact) mass is 402 g/mol. The van der Waals surface area contributed by atoms with Gasteiger partial charge >= 0.3 is 0 Å². The van der Waals surface area contributed by atoms with Crippen molar-refractivity contribution in [2.45, 2.75) is 5.16 Å². The molecule has 0 aliphatic heterocycles. The minimum absolute atomic E-state index is 0.0914. The normalized spacial score (nSPS) is 13.4. The molecule has 0 amide bonds. The Morgan fingerprint density at radius 3 is 2.78 bits per heavy atom. The first-order valence-electron chi connectivity index (χ1n) is 8.03. The van der Waals surface area contributed by atoms with Gasteiger partial charge in [0.2, 0.25) is 5.16 Å². The van der Waals surface area contributed by atoms with E-state index in [4.69, 9.17) is 9.72 Å². The van der Waals surface area contributed by atoms with E-state index in [1.54, 1.807) is 13.2 Å². The second kappa shape index (κ2) is 5.95. The van der Waals surface area contributed by atoms with Crippen molar-refractivity contribution >= 4 is 25.6 Å². The van der Waals surface area contributed by atoms with Gasteiger partial charge < -0.3 is 4.74 Å². The Balaban J connectivity index is 1.98. The van der Waals surface area contributed by atoms with Crippen LogP contribution in [-0.2, 0) is 9.35 Å². The van der Waals surface area contributed by atoms with Gasteiger partial charge in [-0.15, -0.1) is 20.7 Å². The molecular formula is C18H18N4O3S2. The minimum Gasteiger partial charge on any atom is -0.497 e. The molecule has 7 nitrogen and oxygen atoms in total. The number of rotatable bonds is 4. The predicted octanol–water partition coefficient (Wildman–Crippen LogP) is 3.44. The fraction of sp³-hybridized carbons (Fsp3) is 0.167. The number of aromatic nitrogens is 4. The highest BCUT2D eigenvalue weighted by Crippen LogP contribution is 2.35. The standard InChI is InChI=1S/C18H18N4O3S2/c1-25-13-6-4-5-12(11-13)15-16(22-9-10-26-18(22)21-15)14-7-8-19-17(20-14)27(2,3,23)24/h4-11H,1-3H3,(H,23,24). The summed E-state index contributed by atoms with van der Waals surface area (Å²) in [5.74, 6) is 0.721. The number of ether oxygens (including phenoxy) is 1. The summed E-state index contributed by atoms with van der Waals surface area (Å²) in [4.78, 5) is 14.0. The average Bonchev–Trinajstić information content (AvgIpc) is 3.21. The summed E-state index contributed by atoms with van der Waals surface area (Å²) in [6.45, 7) is 0. The molecule has 1 N–H and O–H groups in total. The Morgan fingerprint density at radius 1 is 1.22 bits per heavy atom. The largest absolute Gasteiger partial charge is 0.497 e. The summed E-state index contributed by atoms with van der Waals surface area (Å²) in [5, 5.41) is 1.84. The number of fused-ring (bicyclic) bond motifs is 1. The van der Waals surface area contributed by atoms with Crippen LogP contribution in [0.4, 0.5) is 0 Å². The van der Waals surface area contributed by atoms with Crippen LogP contribution in [0.2, 0.25) is 0 Å². The van der Waals surface area contributed by atoms with Gasteiger partial charge in [-0.25, -0.2) is 19.2 Å². The van der Waals surface area contributed by atoms with Gasteiger partial charge in [-0.1, -0.05) is 12.1 Å². The number of benzene rings is 1. The molecule has 1 aromatic carbocycles. The molecule has 0 saturated heterocycles. The third-order valence-corrected chi connectivity index (χ3v) is 6.00. The van der Waals surface area contributed by atoms with Crippen LogP contribution >= 0.6 is 11.3 Å². The third kappa shape index (κ3) is 3.25. The van der Waals surface area contributed by atoms with Crippen molar-refractivity contribution in [2.24, 2.45) is 0 Å². The zero-order valence-corrected chi connectivity index (χ0v) is 16.6. The lowest BCUT2D eigenvalue weighted by Gasteiger charge is -2.31. The molecule has 3 aromatic heterocycles. The van der Waals surface area contributed by atoms with Gasteiger partial charge in [0.1, 0.15) is 11.4 Å².